The number of hydrogen-bond donors (Lipinski definition) is 0. The molecule has 2 aliphatic rings. The van der Waals surface area contributed by atoms with Crippen LogP contribution < -0.4 is 0 Å². The first-order chi connectivity index (χ1) is 9.03. The van der Waals surface area contributed by atoms with Gasteiger partial charge in [-0.3, -0.25) is 4.57 Å². The minimum Gasteiger partial charge on any atom is -0.270 e. The number of rotatable bonds is 5. The van der Waals surface area contributed by atoms with E-state index in [1.807, 2.05) is 7.05 Å². The van der Waals surface area contributed by atoms with E-state index in [1.54, 1.807) is 0 Å². The molecule has 0 aromatic carbocycles. The van der Waals surface area contributed by atoms with Crippen molar-refractivity contribution in [1.29, 1.82) is 0 Å². The molecule has 1 aliphatic heterocycles. The molecule has 0 bridgehead atoms. The van der Waals surface area contributed by atoms with Crippen molar-refractivity contribution < 1.29 is 4.57 Å². The highest BCUT2D eigenvalue weighted by Crippen LogP contribution is 2.63. The third-order valence-corrected chi connectivity index (χ3v) is 8.33. The summed E-state index contributed by atoms with van der Waals surface area (Å²) in [6.45, 7) is 3.16. The van der Waals surface area contributed by atoms with E-state index in [-0.39, 0.29) is 0 Å². The van der Waals surface area contributed by atoms with Gasteiger partial charge in [0.05, 0.1) is 0 Å². The molecule has 0 spiro atoms. The molecular weight excluding hydrogens is 257 g/mol. The first kappa shape index (κ1) is 15.5. The summed E-state index contributed by atoms with van der Waals surface area (Å²) >= 11 is 0. The lowest BCUT2D eigenvalue weighted by atomic mass is 9.91. The molecule has 0 radical (unpaired) electrons. The molecule has 112 valence electrons. The van der Waals surface area contributed by atoms with Crippen molar-refractivity contribution in [2.24, 2.45) is 0 Å². The van der Waals surface area contributed by atoms with Crippen LogP contribution in [0.4, 0.5) is 0 Å². The van der Waals surface area contributed by atoms with Gasteiger partial charge in [0, 0.05) is 18.6 Å². The fraction of sp³-hybridized carbons (Fsp3) is 1.00. The number of nitrogens with zero attached hydrogens (tertiary/aromatic N) is 3. The van der Waals surface area contributed by atoms with Crippen LogP contribution in [0.1, 0.15) is 51.9 Å². The lowest BCUT2D eigenvalue weighted by Gasteiger charge is -2.34. The number of unbranched alkanes of at least 4 members (excludes halogenated alkanes) is 2. The van der Waals surface area contributed by atoms with E-state index in [0.29, 0.717) is 12.1 Å². The summed E-state index contributed by atoms with van der Waals surface area (Å²) < 4.78 is 20.0. The molecule has 1 aliphatic carbocycles. The van der Waals surface area contributed by atoms with Gasteiger partial charge in [-0.1, -0.05) is 32.6 Å². The van der Waals surface area contributed by atoms with Crippen LogP contribution in [0, 0.1) is 0 Å². The molecule has 1 saturated carbocycles. The van der Waals surface area contributed by atoms with Crippen LogP contribution in [-0.2, 0) is 4.57 Å². The first-order valence-corrected chi connectivity index (χ1v) is 9.38. The fourth-order valence-corrected chi connectivity index (χ4v) is 6.90. The molecule has 0 aromatic heterocycles. The predicted molar refractivity (Wildman–Crippen MR) is 81.3 cm³/mol. The second kappa shape index (κ2) is 6.26. The molecule has 2 rings (SSSR count). The zero-order valence-corrected chi connectivity index (χ0v) is 13.9. The van der Waals surface area contributed by atoms with E-state index < -0.39 is 7.59 Å². The summed E-state index contributed by atoms with van der Waals surface area (Å²) in [6.07, 6.45) is 8.59. The molecule has 1 saturated heterocycles. The monoisotopic (exact) mass is 287 g/mol. The molecule has 2 atom stereocenters. The SMILES string of the molecule is CCCCCN(C)P1(=O)N(C)[C@@H]2CCCC[C@H]2N1C. The van der Waals surface area contributed by atoms with E-state index in [0.717, 1.165) is 13.0 Å². The number of fused-ring (bicyclic) bond motifs is 1. The van der Waals surface area contributed by atoms with Gasteiger partial charge in [0.25, 0.3) is 7.59 Å². The molecule has 19 heavy (non-hydrogen) atoms. The standard InChI is InChI=1S/C14H30N3OP/c1-5-6-9-12-15(2)19(18)16(3)13-10-7-8-11-14(13)17(19)4/h13-14H,5-12H2,1-4H3/t13-,14-/m1/s1. The molecule has 5 heteroatoms. The van der Waals surface area contributed by atoms with E-state index in [4.69, 9.17) is 0 Å². The van der Waals surface area contributed by atoms with Crippen LogP contribution in [0.2, 0.25) is 0 Å². The smallest absolute Gasteiger partial charge is 0.270 e. The van der Waals surface area contributed by atoms with Crippen molar-refractivity contribution in [3.8, 4) is 0 Å². The quantitative estimate of drug-likeness (QED) is 0.572. The molecule has 0 aromatic rings. The Bertz CT molecular complexity index is 328. The lowest BCUT2D eigenvalue weighted by molar-refractivity contribution is 0.233. The summed E-state index contributed by atoms with van der Waals surface area (Å²) in [5, 5.41) is 0. The summed E-state index contributed by atoms with van der Waals surface area (Å²) in [6, 6.07) is 0.997. The van der Waals surface area contributed by atoms with Crippen molar-refractivity contribution in [3.05, 3.63) is 0 Å². The highest BCUT2D eigenvalue weighted by molar-refractivity contribution is 7.56. The Morgan fingerprint density at radius 3 is 2.11 bits per heavy atom. The van der Waals surface area contributed by atoms with Gasteiger partial charge >= 0.3 is 0 Å². The highest BCUT2D eigenvalue weighted by Gasteiger charge is 2.53. The van der Waals surface area contributed by atoms with Crippen molar-refractivity contribution in [2.75, 3.05) is 27.7 Å². The summed E-state index contributed by atoms with van der Waals surface area (Å²) in [5.74, 6) is 0. The van der Waals surface area contributed by atoms with Crippen LogP contribution >= 0.6 is 7.59 Å². The molecule has 4 nitrogen and oxygen atoms in total. The first-order valence-electron chi connectivity index (χ1n) is 7.81. The zero-order chi connectivity index (χ0) is 14.0. The van der Waals surface area contributed by atoms with Gasteiger partial charge in [0.2, 0.25) is 0 Å². The van der Waals surface area contributed by atoms with Crippen LogP contribution in [0.3, 0.4) is 0 Å². The third-order valence-electron chi connectivity index (χ3n) is 5.01. The van der Waals surface area contributed by atoms with E-state index in [2.05, 4.69) is 35.0 Å². The molecular formula is C14H30N3OP. The summed E-state index contributed by atoms with van der Waals surface area (Å²) in [7, 11) is 3.70. The maximum atomic E-state index is 13.5. The summed E-state index contributed by atoms with van der Waals surface area (Å²) in [4.78, 5) is 0. The number of likely N-dealkylation sites (N-methyl/N-ethyl adjacent to an activating group) is 2. The molecule has 2 fully saturated rings. The maximum Gasteiger partial charge on any atom is 0.286 e. The summed E-state index contributed by atoms with van der Waals surface area (Å²) in [5.41, 5.74) is 0. The zero-order valence-electron chi connectivity index (χ0n) is 13.0. The Morgan fingerprint density at radius 2 is 1.63 bits per heavy atom. The largest absolute Gasteiger partial charge is 0.286 e. The second-order valence-electron chi connectivity index (χ2n) is 6.17. The Morgan fingerprint density at radius 1 is 1.11 bits per heavy atom. The predicted octanol–water partition coefficient (Wildman–Crippen LogP) is 3.40. The van der Waals surface area contributed by atoms with Crippen LogP contribution in [0.25, 0.3) is 0 Å². The maximum absolute atomic E-state index is 13.5. The van der Waals surface area contributed by atoms with Crippen molar-refractivity contribution >= 4 is 7.59 Å². The van der Waals surface area contributed by atoms with E-state index in [1.165, 1.54) is 38.5 Å². The Kier molecular flexibility index (Phi) is 5.10. The van der Waals surface area contributed by atoms with E-state index >= 15 is 0 Å². The minimum absolute atomic E-state index is 0.498. The van der Waals surface area contributed by atoms with Gasteiger partial charge in [-0.05, 0) is 40.4 Å². The van der Waals surface area contributed by atoms with Crippen LogP contribution in [0.5, 0.6) is 0 Å². The highest BCUT2D eigenvalue weighted by atomic mass is 31.2. The average molecular weight is 287 g/mol. The Labute approximate surface area is 118 Å². The second-order valence-corrected chi connectivity index (χ2v) is 9.14. The molecule has 0 N–H and O–H groups in total. The van der Waals surface area contributed by atoms with Gasteiger partial charge in [0.1, 0.15) is 0 Å². The molecule has 0 amide bonds. The molecule has 1 heterocycles. The third kappa shape index (κ3) is 2.65. The number of hydrogen-bond acceptors (Lipinski definition) is 1. The van der Waals surface area contributed by atoms with Gasteiger partial charge in [-0.25, -0.2) is 14.0 Å². The van der Waals surface area contributed by atoms with Gasteiger partial charge in [-0.2, -0.15) is 0 Å². The Hall–Kier alpha value is 0.110. The van der Waals surface area contributed by atoms with Gasteiger partial charge in [-0.15, -0.1) is 0 Å². The van der Waals surface area contributed by atoms with Crippen LogP contribution in [-0.4, -0.2) is 53.8 Å². The van der Waals surface area contributed by atoms with Gasteiger partial charge < -0.3 is 0 Å². The normalized spacial score (nSPS) is 31.8. The Balaban J connectivity index is 2.10. The van der Waals surface area contributed by atoms with Crippen LogP contribution in [0.15, 0.2) is 0 Å². The minimum atomic E-state index is -2.49. The fourth-order valence-electron chi connectivity index (χ4n) is 3.77. The average Bonchev–Trinajstić information content (AvgIpc) is 2.63. The van der Waals surface area contributed by atoms with Crippen molar-refractivity contribution in [2.45, 2.75) is 64.0 Å². The van der Waals surface area contributed by atoms with E-state index in [9.17, 15) is 4.57 Å². The molecule has 0 unspecified atom stereocenters. The lowest BCUT2D eigenvalue weighted by Crippen LogP contribution is -2.37. The van der Waals surface area contributed by atoms with Crippen molar-refractivity contribution in [1.82, 2.24) is 14.0 Å². The topological polar surface area (TPSA) is 26.8 Å². The van der Waals surface area contributed by atoms with Gasteiger partial charge in [0.15, 0.2) is 0 Å². The van der Waals surface area contributed by atoms with Crippen molar-refractivity contribution in [3.63, 3.8) is 0 Å².